The number of ether oxygens (including phenoxy) is 1. The topological polar surface area (TPSA) is 9.23 Å². The van der Waals surface area contributed by atoms with Crippen molar-refractivity contribution < 1.29 is 4.74 Å². The van der Waals surface area contributed by atoms with Gasteiger partial charge in [-0.2, -0.15) is 0 Å². The zero-order valence-electron chi connectivity index (χ0n) is 10.3. The van der Waals surface area contributed by atoms with Crippen molar-refractivity contribution in [3.8, 4) is 0 Å². The second-order valence-corrected chi connectivity index (χ2v) is 4.58. The zero-order valence-corrected chi connectivity index (χ0v) is 10.3. The SMILES string of the molecule is [CH2]CCCCCCCOC(C)(C)CC. The Morgan fingerprint density at radius 2 is 1.57 bits per heavy atom. The minimum atomic E-state index is 0.0767. The first-order valence-corrected chi connectivity index (χ1v) is 6.05. The molecule has 0 N–H and O–H groups in total. The van der Waals surface area contributed by atoms with E-state index in [4.69, 9.17) is 4.74 Å². The summed E-state index contributed by atoms with van der Waals surface area (Å²) in [6.07, 6.45) is 8.64. The summed E-state index contributed by atoms with van der Waals surface area (Å²) in [6, 6.07) is 0. The quantitative estimate of drug-likeness (QED) is 0.501. The van der Waals surface area contributed by atoms with Crippen LogP contribution in [-0.4, -0.2) is 12.2 Å². The minimum Gasteiger partial charge on any atom is -0.376 e. The molecule has 14 heavy (non-hydrogen) atoms. The van der Waals surface area contributed by atoms with E-state index in [0.29, 0.717) is 0 Å². The third-order valence-electron chi connectivity index (χ3n) is 2.74. The van der Waals surface area contributed by atoms with Crippen LogP contribution in [0.4, 0.5) is 0 Å². The number of hydrogen-bond acceptors (Lipinski definition) is 1. The van der Waals surface area contributed by atoms with Crippen molar-refractivity contribution in [3.63, 3.8) is 0 Å². The Bertz CT molecular complexity index is 118. The highest BCUT2D eigenvalue weighted by Crippen LogP contribution is 2.14. The van der Waals surface area contributed by atoms with Gasteiger partial charge in [-0.25, -0.2) is 0 Å². The lowest BCUT2D eigenvalue weighted by Gasteiger charge is -2.23. The molecule has 0 unspecified atom stereocenters. The Morgan fingerprint density at radius 1 is 1.00 bits per heavy atom. The van der Waals surface area contributed by atoms with Crippen molar-refractivity contribution in [1.82, 2.24) is 0 Å². The van der Waals surface area contributed by atoms with Crippen LogP contribution in [0.1, 0.15) is 65.7 Å². The predicted molar refractivity (Wildman–Crippen MR) is 63.4 cm³/mol. The highest BCUT2D eigenvalue weighted by Gasteiger charge is 2.13. The van der Waals surface area contributed by atoms with Crippen molar-refractivity contribution in [2.24, 2.45) is 0 Å². The molecule has 0 aliphatic rings. The molecule has 0 aromatic rings. The molecule has 0 aromatic heterocycles. The van der Waals surface area contributed by atoms with Crippen molar-refractivity contribution in [1.29, 1.82) is 0 Å². The van der Waals surface area contributed by atoms with E-state index in [2.05, 4.69) is 27.7 Å². The molecule has 0 spiro atoms. The molecule has 0 atom stereocenters. The van der Waals surface area contributed by atoms with Crippen LogP contribution in [0.15, 0.2) is 0 Å². The number of rotatable bonds is 9. The van der Waals surface area contributed by atoms with Crippen LogP contribution in [0.25, 0.3) is 0 Å². The maximum Gasteiger partial charge on any atom is 0.0623 e. The third kappa shape index (κ3) is 8.55. The van der Waals surface area contributed by atoms with Gasteiger partial charge >= 0.3 is 0 Å². The van der Waals surface area contributed by atoms with E-state index in [0.717, 1.165) is 19.4 Å². The van der Waals surface area contributed by atoms with Crippen molar-refractivity contribution in [2.45, 2.75) is 71.3 Å². The van der Waals surface area contributed by atoms with Crippen molar-refractivity contribution in [3.05, 3.63) is 6.92 Å². The monoisotopic (exact) mass is 199 g/mol. The van der Waals surface area contributed by atoms with Gasteiger partial charge in [0.2, 0.25) is 0 Å². The average molecular weight is 199 g/mol. The minimum absolute atomic E-state index is 0.0767. The summed E-state index contributed by atoms with van der Waals surface area (Å²) >= 11 is 0. The first-order chi connectivity index (χ1) is 6.62. The van der Waals surface area contributed by atoms with E-state index in [9.17, 15) is 0 Å². The molecule has 0 fully saturated rings. The highest BCUT2D eigenvalue weighted by molar-refractivity contribution is 4.64. The van der Waals surface area contributed by atoms with Gasteiger partial charge in [-0.1, -0.05) is 46.0 Å². The fraction of sp³-hybridized carbons (Fsp3) is 0.923. The molecule has 1 nitrogen and oxygen atoms in total. The maximum atomic E-state index is 5.77. The maximum absolute atomic E-state index is 5.77. The lowest BCUT2D eigenvalue weighted by molar-refractivity contribution is -0.0216. The molecule has 0 bridgehead atoms. The molecule has 0 amide bonds. The fourth-order valence-electron chi connectivity index (χ4n) is 1.26. The van der Waals surface area contributed by atoms with Crippen LogP contribution in [0.5, 0.6) is 0 Å². The lowest BCUT2D eigenvalue weighted by Crippen LogP contribution is -2.23. The second-order valence-electron chi connectivity index (χ2n) is 4.58. The summed E-state index contributed by atoms with van der Waals surface area (Å²) in [6.45, 7) is 11.3. The fourth-order valence-corrected chi connectivity index (χ4v) is 1.26. The Labute approximate surface area is 90.2 Å². The van der Waals surface area contributed by atoms with E-state index < -0.39 is 0 Å². The molecule has 0 aromatic carbocycles. The van der Waals surface area contributed by atoms with E-state index >= 15 is 0 Å². The standard InChI is InChI=1S/C13H27O/c1-5-7-8-9-10-11-12-14-13(3,4)6-2/h1,5-12H2,2-4H3. The molecule has 0 rings (SSSR count). The summed E-state index contributed by atoms with van der Waals surface area (Å²) in [4.78, 5) is 0. The van der Waals surface area contributed by atoms with Crippen molar-refractivity contribution >= 4 is 0 Å². The van der Waals surface area contributed by atoms with Crippen LogP contribution in [-0.2, 0) is 4.74 Å². The van der Waals surface area contributed by atoms with E-state index in [1.165, 1.54) is 32.1 Å². The van der Waals surface area contributed by atoms with Crippen LogP contribution in [0.3, 0.4) is 0 Å². The van der Waals surface area contributed by atoms with Gasteiger partial charge in [0, 0.05) is 6.61 Å². The third-order valence-corrected chi connectivity index (χ3v) is 2.74. The largest absolute Gasteiger partial charge is 0.376 e. The molecule has 0 aliphatic carbocycles. The zero-order chi connectivity index (χ0) is 10.9. The highest BCUT2D eigenvalue weighted by atomic mass is 16.5. The van der Waals surface area contributed by atoms with E-state index in [1.54, 1.807) is 0 Å². The van der Waals surface area contributed by atoms with Crippen LogP contribution >= 0.6 is 0 Å². The molecular formula is C13H27O. The van der Waals surface area contributed by atoms with Crippen LogP contribution in [0, 0.1) is 6.92 Å². The summed E-state index contributed by atoms with van der Waals surface area (Å²) < 4.78 is 5.77. The second kappa shape index (κ2) is 8.28. The van der Waals surface area contributed by atoms with Gasteiger partial charge in [0.1, 0.15) is 0 Å². The molecular weight excluding hydrogens is 172 g/mol. The molecule has 1 heteroatoms. The summed E-state index contributed by atoms with van der Waals surface area (Å²) in [5, 5.41) is 0. The van der Waals surface area contributed by atoms with E-state index in [-0.39, 0.29) is 5.60 Å². The number of unbranched alkanes of at least 4 members (excludes halogenated alkanes) is 5. The lowest BCUT2D eigenvalue weighted by atomic mass is 10.1. The molecule has 85 valence electrons. The van der Waals surface area contributed by atoms with Gasteiger partial charge in [-0.15, -0.1) is 0 Å². The average Bonchev–Trinajstić information content (AvgIpc) is 2.16. The summed E-state index contributed by atoms with van der Waals surface area (Å²) in [5.41, 5.74) is 0.0767. The first kappa shape index (κ1) is 14.0. The predicted octanol–water partition coefficient (Wildman–Crippen LogP) is 4.37. The number of hydrogen-bond donors (Lipinski definition) is 0. The van der Waals surface area contributed by atoms with Gasteiger partial charge in [-0.05, 0) is 26.7 Å². The molecule has 1 radical (unpaired) electrons. The first-order valence-electron chi connectivity index (χ1n) is 6.05. The van der Waals surface area contributed by atoms with Crippen LogP contribution < -0.4 is 0 Å². The Balaban J connectivity index is 3.13. The van der Waals surface area contributed by atoms with E-state index in [1.807, 2.05) is 0 Å². The Morgan fingerprint density at radius 3 is 2.14 bits per heavy atom. The molecule has 0 saturated carbocycles. The van der Waals surface area contributed by atoms with Gasteiger partial charge in [-0.3, -0.25) is 0 Å². The van der Waals surface area contributed by atoms with Gasteiger partial charge in [0.25, 0.3) is 0 Å². The normalized spacial score (nSPS) is 12.0. The molecule has 0 aliphatic heterocycles. The van der Waals surface area contributed by atoms with Crippen LogP contribution in [0.2, 0.25) is 0 Å². The summed E-state index contributed by atoms with van der Waals surface area (Å²) in [5.74, 6) is 0. The van der Waals surface area contributed by atoms with Gasteiger partial charge in [0.15, 0.2) is 0 Å². The van der Waals surface area contributed by atoms with Crippen molar-refractivity contribution in [2.75, 3.05) is 6.61 Å². The Kier molecular flexibility index (Phi) is 8.26. The molecule has 0 heterocycles. The smallest absolute Gasteiger partial charge is 0.0623 e. The van der Waals surface area contributed by atoms with Gasteiger partial charge in [0.05, 0.1) is 5.60 Å². The summed E-state index contributed by atoms with van der Waals surface area (Å²) in [7, 11) is 0. The molecule has 0 saturated heterocycles. The Hall–Kier alpha value is -0.0400. The van der Waals surface area contributed by atoms with Gasteiger partial charge < -0.3 is 4.74 Å².